The molecule has 0 aliphatic heterocycles. The molecular formula is C7H16NO. The summed E-state index contributed by atoms with van der Waals surface area (Å²) in [6.07, 6.45) is 2.17. The predicted octanol–water partition coefficient (Wildman–Crippen LogP) is 0.837. The van der Waals surface area contributed by atoms with E-state index in [4.69, 9.17) is 4.74 Å². The number of nitrogens with one attached hydrogen (secondary N) is 1. The third kappa shape index (κ3) is 7.92. The fourth-order valence-electron chi connectivity index (χ4n) is 0.549. The maximum absolute atomic E-state index is 4.84. The van der Waals surface area contributed by atoms with Crippen LogP contribution in [0.25, 0.3) is 0 Å². The highest BCUT2D eigenvalue weighted by Crippen LogP contribution is 1.80. The third-order valence-electron chi connectivity index (χ3n) is 1.09. The van der Waals surface area contributed by atoms with Crippen molar-refractivity contribution in [1.29, 1.82) is 0 Å². The fourth-order valence-corrected chi connectivity index (χ4v) is 0.549. The van der Waals surface area contributed by atoms with Gasteiger partial charge in [0.05, 0.1) is 6.61 Å². The summed E-state index contributed by atoms with van der Waals surface area (Å²) in [4.78, 5) is 0. The van der Waals surface area contributed by atoms with E-state index in [0.717, 1.165) is 32.5 Å². The molecule has 0 spiro atoms. The monoisotopic (exact) mass is 130 g/mol. The normalized spacial score (nSPS) is 10.0. The molecular weight excluding hydrogens is 114 g/mol. The van der Waals surface area contributed by atoms with Crippen LogP contribution >= 0.6 is 0 Å². The molecule has 2 nitrogen and oxygen atoms in total. The Labute approximate surface area is 57.6 Å². The second-order valence-corrected chi connectivity index (χ2v) is 1.95. The summed E-state index contributed by atoms with van der Waals surface area (Å²) in [7, 11) is 1.71. The molecule has 0 amide bonds. The first-order valence-corrected chi connectivity index (χ1v) is 3.40. The van der Waals surface area contributed by atoms with Crippen LogP contribution in [-0.2, 0) is 4.74 Å². The standard InChI is InChI=1S/C7H16NO/c1-3-4-5-8-6-7-9-2/h8H,1,3-7H2,2H3. The van der Waals surface area contributed by atoms with Crippen molar-refractivity contribution in [3.63, 3.8) is 0 Å². The van der Waals surface area contributed by atoms with Crippen LogP contribution in [0.15, 0.2) is 0 Å². The van der Waals surface area contributed by atoms with E-state index in [9.17, 15) is 0 Å². The van der Waals surface area contributed by atoms with Crippen molar-refractivity contribution in [3.8, 4) is 0 Å². The summed E-state index contributed by atoms with van der Waals surface area (Å²) in [6, 6.07) is 0. The summed E-state index contributed by atoms with van der Waals surface area (Å²) in [5, 5.41) is 3.22. The molecule has 9 heavy (non-hydrogen) atoms. The Morgan fingerprint density at radius 2 is 2.22 bits per heavy atom. The quantitative estimate of drug-likeness (QED) is 0.538. The topological polar surface area (TPSA) is 21.3 Å². The van der Waals surface area contributed by atoms with Crippen LogP contribution in [0.3, 0.4) is 0 Å². The van der Waals surface area contributed by atoms with Gasteiger partial charge < -0.3 is 10.1 Å². The molecule has 0 atom stereocenters. The van der Waals surface area contributed by atoms with Gasteiger partial charge in [-0.2, -0.15) is 0 Å². The SMILES string of the molecule is [CH2]CCCNCCOC. The van der Waals surface area contributed by atoms with E-state index in [1.807, 2.05) is 0 Å². The summed E-state index contributed by atoms with van der Waals surface area (Å²) < 4.78 is 4.84. The van der Waals surface area contributed by atoms with Crippen molar-refractivity contribution in [1.82, 2.24) is 5.32 Å². The van der Waals surface area contributed by atoms with E-state index in [0.29, 0.717) is 0 Å². The molecule has 0 saturated heterocycles. The molecule has 2 heteroatoms. The number of hydrogen-bond acceptors (Lipinski definition) is 2. The average molecular weight is 130 g/mol. The number of hydrogen-bond donors (Lipinski definition) is 1. The average Bonchev–Trinajstić information content (AvgIpc) is 1.89. The minimum Gasteiger partial charge on any atom is -0.383 e. The lowest BCUT2D eigenvalue weighted by molar-refractivity contribution is 0.199. The number of methoxy groups -OCH3 is 1. The Hall–Kier alpha value is -0.0800. The molecule has 0 heterocycles. The van der Waals surface area contributed by atoms with Gasteiger partial charge in [-0.15, -0.1) is 0 Å². The molecule has 0 aromatic rings. The van der Waals surface area contributed by atoms with Crippen LogP contribution in [0.4, 0.5) is 0 Å². The van der Waals surface area contributed by atoms with Gasteiger partial charge in [0.2, 0.25) is 0 Å². The van der Waals surface area contributed by atoms with Crippen LogP contribution in [0, 0.1) is 6.92 Å². The van der Waals surface area contributed by atoms with Crippen LogP contribution in [-0.4, -0.2) is 26.8 Å². The Balaban J connectivity index is 2.60. The number of ether oxygens (including phenoxy) is 1. The van der Waals surface area contributed by atoms with Gasteiger partial charge in [0.15, 0.2) is 0 Å². The lowest BCUT2D eigenvalue weighted by atomic mass is 10.3. The second-order valence-electron chi connectivity index (χ2n) is 1.95. The summed E-state index contributed by atoms with van der Waals surface area (Å²) in [5.74, 6) is 0. The van der Waals surface area contributed by atoms with E-state index in [2.05, 4.69) is 12.2 Å². The van der Waals surface area contributed by atoms with Crippen LogP contribution in [0.5, 0.6) is 0 Å². The van der Waals surface area contributed by atoms with Gasteiger partial charge in [-0.05, 0) is 13.0 Å². The minimum atomic E-state index is 0.803. The van der Waals surface area contributed by atoms with E-state index in [1.165, 1.54) is 0 Å². The van der Waals surface area contributed by atoms with E-state index >= 15 is 0 Å². The zero-order chi connectivity index (χ0) is 6.95. The summed E-state index contributed by atoms with van der Waals surface area (Å²) in [6.45, 7) is 6.55. The van der Waals surface area contributed by atoms with Crippen molar-refractivity contribution in [2.24, 2.45) is 0 Å². The Morgan fingerprint density at radius 1 is 1.44 bits per heavy atom. The lowest BCUT2D eigenvalue weighted by Crippen LogP contribution is -2.19. The second kappa shape index (κ2) is 7.92. The predicted molar refractivity (Wildman–Crippen MR) is 39.3 cm³/mol. The third-order valence-corrected chi connectivity index (χ3v) is 1.09. The van der Waals surface area contributed by atoms with E-state index in [-0.39, 0.29) is 0 Å². The number of rotatable bonds is 6. The molecule has 0 aromatic carbocycles. The molecule has 1 N–H and O–H groups in total. The molecule has 0 bridgehead atoms. The molecule has 1 radical (unpaired) electrons. The van der Waals surface area contributed by atoms with Gasteiger partial charge in [-0.25, -0.2) is 0 Å². The van der Waals surface area contributed by atoms with E-state index in [1.54, 1.807) is 7.11 Å². The van der Waals surface area contributed by atoms with Gasteiger partial charge in [0.25, 0.3) is 0 Å². The molecule has 0 aromatic heterocycles. The van der Waals surface area contributed by atoms with Gasteiger partial charge in [0, 0.05) is 13.7 Å². The molecule has 0 aliphatic carbocycles. The van der Waals surface area contributed by atoms with Gasteiger partial charge in [0.1, 0.15) is 0 Å². The lowest BCUT2D eigenvalue weighted by Gasteiger charge is -2.00. The molecule has 0 fully saturated rings. The van der Waals surface area contributed by atoms with Crippen molar-refractivity contribution in [3.05, 3.63) is 6.92 Å². The first-order valence-electron chi connectivity index (χ1n) is 3.40. The van der Waals surface area contributed by atoms with Crippen molar-refractivity contribution >= 4 is 0 Å². The van der Waals surface area contributed by atoms with Gasteiger partial charge >= 0.3 is 0 Å². The zero-order valence-electron chi connectivity index (χ0n) is 6.15. The molecule has 0 rings (SSSR count). The Bertz CT molecular complexity index is 42.2. The van der Waals surface area contributed by atoms with Crippen molar-refractivity contribution < 1.29 is 4.74 Å². The van der Waals surface area contributed by atoms with Gasteiger partial charge in [-0.1, -0.05) is 13.3 Å². The Morgan fingerprint density at radius 3 is 2.78 bits per heavy atom. The van der Waals surface area contributed by atoms with Crippen molar-refractivity contribution in [2.45, 2.75) is 12.8 Å². The zero-order valence-corrected chi connectivity index (χ0v) is 6.15. The molecule has 0 aliphatic rings. The maximum atomic E-state index is 4.84. The fraction of sp³-hybridized carbons (Fsp3) is 0.857. The summed E-state index contributed by atoms with van der Waals surface area (Å²) in [5.41, 5.74) is 0. The maximum Gasteiger partial charge on any atom is 0.0587 e. The van der Waals surface area contributed by atoms with Gasteiger partial charge in [-0.3, -0.25) is 0 Å². The molecule has 55 valence electrons. The smallest absolute Gasteiger partial charge is 0.0587 e. The Kier molecular flexibility index (Phi) is 7.85. The molecule has 0 unspecified atom stereocenters. The first kappa shape index (κ1) is 8.92. The van der Waals surface area contributed by atoms with E-state index < -0.39 is 0 Å². The summed E-state index contributed by atoms with van der Waals surface area (Å²) >= 11 is 0. The first-order chi connectivity index (χ1) is 4.41. The largest absolute Gasteiger partial charge is 0.383 e. The van der Waals surface area contributed by atoms with Crippen LogP contribution in [0.1, 0.15) is 12.8 Å². The minimum absolute atomic E-state index is 0.803. The highest BCUT2D eigenvalue weighted by Gasteiger charge is 1.83. The van der Waals surface area contributed by atoms with Crippen LogP contribution < -0.4 is 5.32 Å². The van der Waals surface area contributed by atoms with Crippen LogP contribution in [0.2, 0.25) is 0 Å². The highest BCUT2D eigenvalue weighted by atomic mass is 16.5. The molecule has 0 saturated carbocycles. The van der Waals surface area contributed by atoms with Crippen molar-refractivity contribution in [2.75, 3.05) is 26.8 Å². The highest BCUT2D eigenvalue weighted by molar-refractivity contribution is 4.47. The number of unbranched alkanes of at least 4 members (excludes halogenated alkanes) is 1.